The minimum absolute atomic E-state index is 0.0271. The van der Waals surface area contributed by atoms with Gasteiger partial charge < -0.3 is 19.7 Å². The normalized spacial score (nSPS) is 14.4. The number of hydrogen-bond donors (Lipinski definition) is 1. The van der Waals surface area contributed by atoms with E-state index in [0.717, 1.165) is 46.4 Å². The van der Waals surface area contributed by atoms with E-state index in [2.05, 4.69) is 21.2 Å². The standard InChI is InChI=1S/C32H38BrN3O6S/c1-23(32(38)34-26-13-6-4-7-14-26)35(21-24-11-10-12-25(33)19-24)31(37)22-36(43(39,40)28-15-8-5-9-16-28)27-17-18-29(41-2)30(20-27)42-3/h5,8-12,15-20,23,26H,4,6-7,13-14,21-22H2,1-3H3,(H,34,38). The lowest BCUT2D eigenvalue weighted by Crippen LogP contribution is -2.53. The number of sulfonamides is 1. The van der Waals surface area contributed by atoms with E-state index in [4.69, 9.17) is 9.47 Å². The van der Waals surface area contributed by atoms with Gasteiger partial charge in [0, 0.05) is 23.1 Å². The van der Waals surface area contributed by atoms with Gasteiger partial charge in [0.25, 0.3) is 10.0 Å². The van der Waals surface area contributed by atoms with Crippen LogP contribution in [-0.4, -0.2) is 58.0 Å². The Labute approximate surface area is 262 Å². The van der Waals surface area contributed by atoms with Crippen LogP contribution in [-0.2, 0) is 26.2 Å². The number of hydrogen-bond acceptors (Lipinski definition) is 6. The summed E-state index contributed by atoms with van der Waals surface area (Å²) < 4.78 is 40.7. The maximum absolute atomic E-state index is 14.2. The predicted molar refractivity (Wildman–Crippen MR) is 170 cm³/mol. The lowest BCUT2D eigenvalue weighted by atomic mass is 9.95. The van der Waals surface area contributed by atoms with Gasteiger partial charge in [0.1, 0.15) is 12.6 Å². The zero-order chi connectivity index (χ0) is 31.0. The van der Waals surface area contributed by atoms with E-state index < -0.39 is 28.5 Å². The lowest BCUT2D eigenvalue weighted by Gasteiger charge is -2.33. The van der Waals surface area contributed by atoms with Crippen LogP contribution < -0.4 is 19.1 Å². The molecule has 0 spiro atoms. The molecule has 1 aliphatic carbocycles. The van der Waals surface area contributed by atoms with Crippen molar-refractivity contribution in [3.05, 3.63) is 82.8 Å². The second kappa shape index (κ2) is 14.7. The van der Waals surface area contributed by atoms with Crippen molar-refractivity contribution in [3.8, 4) is 11.5 Å². The smallest absolute Gasteiger partial charge is 0.264 e. The molecule has 9 nitrogen and oxygen atoms in total. The van der Waals surface area contributed by atoms with E-state index >= 15 is 0 Å². The highest BCUT2D eigenvalue weighted by Crippen LogP contribution is 2.34. The molecule has 230 valence electrons. The van der Waals surface area contributed by atoms with E-state index in [0.29, 0.717) is 11.5 Å². The third kappa shape index (κ3) is 8.08. The second-order valence-corrected chi connectivity index (χ2v) is 13.3. The van der Waals surface area contributed by atoms with Crippen LogP contribution >= 0.6 is 15.9 Å². The van der Waals surface area contributed by atoms with E-state index in [1.165, 1.54) is 37.3 Å². The van der Waals surface area contributed by atoms with Gasteiger partial charge in [0.15, 0.2) is 11.5 Å². The molecule has 3 aromatic rings. The first-order valence-electron chi connectivity index (χ1n) is 14.3. The van der Waals surface area contributed by atoms with Gasteiger partial charge in [-0.3, -0.25) is 13.9 Å². The number of amides is 2. The van der Waals surface area contributed by atoms with E-state index in [1.807, 2.05) is 24.3 Å². The highest BCUT2D eigenvalue weighted by atomic mass is 79.9. The van der Waals surface area contributed by atoms with E-state index in [1.54, 1.807) is 37.3 Å². The first kappa shape index (κ1) is 32.3. The molecule has 0 aliphatic heterocycles. The largest absolute Gasteiger partial charge is 0.493 e. The molecular weight excluding hydrogens is 634 g/mol. The van der Waals surface area contributed by atoms with Crippen LogP contribution in [0.2, 0.25) is 0 Å². The van der Waals surface area contributed by atoms with Gasteiger partial charge in [-0.25, -0.2) is 8.42 Å². The maximum atomic E-state index is 14.2. The van der Waals surface area contributed by atoms with Crippen molar-refractivity contribution in [2.75, 3.05) is 25.1 Å². The van der Waals surface area contributed by atoms with Crippen LogP contribution in [0, 0.1) is 0 Å². The zero-order valence-electron chi connectivity index (χ0n) is 24.7. The van der Waals surface area contributed by atoms with Crippen molar-refractivity contribution in [1.29, 1.82) is 0 Å². The van der Waals surface area contributed by atoms with Crippen molar-refractivity contribution in [2.45, 2.75) is 62.6 Å². The molecule has 1 unspecified atom stereocenters. The highest BCUT2D eigenvalue weighted by Gasteiger charge is 2.33. The van der Waals surface area contributed by atoms with Crippen molar-refractivity contribution in [3.63, 3.8) is 0 Å². The summed E-state index contributed by atoms with van der Waals surface area (Å²) in [6, 6.07) is 19.3. The molecular formula is C32H38BrN3O6S. The van der Waals surface area contributed by atoms with Crippen molar-refractivity contribution >= 4 is 43.5 Å². The number of nitrogens with zero attached hydrogens (tertiary/aromatic N) is 2. The van der Waals surface area contributed by atoms with Gasteiger partial charge in [-0.2, -0.15) is 0 Å². The summed E-state index contributed by atoms with van der Waals surface area (Å²) in [6.45, 7) is 1.25. The molecule has 4 rings (SSSR count). The average Bonchev–Trinajstić information content (AvgIpc) is 3.02. The molecule has 0 heterocycles. The molecule has 0 bridgehead atoms. The third-order valence-corrected chi connectivity index (χ3v) is 9.91. The summed E-state index contributed by atoms with van der Waals surface area (Å²) in [4.78, 5) is 29.1. The number of carbonyl (C=O) groups excluding carboxylic acids is 2. The number of carbonyl (C=O) groups is 2. The summed E-state index contributed by atoms with van der Waals surface area (Å²) >= 11 is 3.48. The quantitative estimate of drug-likeness (QED) is 0.272. The minimum atomic E-state index is -4.19. The zero-order valence-corrected chi connectivity index (χ0v) is 27.1. The molecule has 0 saturated heterocycles. The van der Waals surface area contributed by atoms with Gasteiger partial charge >= 0.3 is 0 Å². The van der Waals surface area contributed by atoms with E-state index in [-0.39, 0.29) is 29.1 Å². The monoisotopic (exact) mass is 671 g/mol. The number of anilines is 1. The van der Waals surface area contributed by atoms with Crippen molar-refractivity contribution in [1.82, 2.24) is 10.2 Å². The summed E-state index contributed by atoms with van der Waals surface area (Å²) in [5.74, 6) is -0.0646. The molecule has 11 heteroatoms. The number of benzene rings is 3. The molecule has 0 aromatic heterocycles. The molecule has 43 heavy (non-hydrogen) atoms. The molecule has 1 saturated carbocycles. The summed E-state index contributed by atoms with van der Waals surface area (Å²) in [5, 5.41) is 3.12. The minimum Gasteiger partial charge on any atom is -0.493 e. The fourth-order valence-electron chi connectivity index (χ4n) is 5.21. The van der Waals surface area contributed by atoms with Crippen LogP contribution in [0.5, 0.6) is 11.5 Å². The Balaban J connectivity index is 1.71. The average molecular weight is 673 g/mol. The molecule has 1 N–H and O–H groups in total. The van der Waals surface area contributed by atoms with Gasteiger partial charge in [0.2, 0.25) is 11.8 Å². The number of nitrogens with one attached hydrogen (secondary N) is 1. The number of methoxy groups -OCH3 is 2. The summed E-state index contributed by atoms with van der Waals surface area (Å²) in [7, 11) is -1.26. The van der Waals surface area contributed by atoms with Gasteiger partial charge in [-0.1, -0.05) is 65.5 Å². The summed E-state index contributed by atoms with van der Waals surface area (Å²) in [6.07, 6.45) is 5.06. The molecule has 1 atom stereocenters. The van der Waals surface area contributed by atoms with Gasteiger partial charge in [-0.15, -0.1) is 0 Å². The predicted octanol–water partition coefficient (Wildman–Crippen LogP) is 5.53. The highest BCUT2D eigenvalue weighted by molar-refractivity contribution is 9.10. The Hall–Kier alpha value is -3.57. The number of ether oxygens (including phenoxy) is 2. The van der Waals surface area contributed by atoms with Crippen molar-refractivity contribution < 1.29 is 27.5 Å². The van der Waals surface area contributed by atoms with Crippen molar-refractivity contribution in [2.24, 2.45) is 0 Å². The SMILES string of the molecule is COc1ccc(N(CC(=O)N(Cc2cccc(Br)c2)C(C)C(=O)NC2CCCCC2)S(=O)(=O)c2ccccc2)cc1OC. The van der Waals surface area contributed by atoms with Crippen LogP contribution in [0.3, 0.4) is 0 Å². The Kier molecular flexibility index (Phi) is 11.1. The molecule has 2 amide bonds. The third-order valence-electron chi connectivity index (χ3n) is 7.63. The first-order valence-corrected chi connectivity index (χ1v) is 16.5. The first-order chi connectivity index (χ1) is 20.6. The van der Waals surface area contributed by atoms with Crippen LogP contribution in [0.25, 0.3) is 0 Å². The fraction of sp³-hybridized carbons (Fsp3) is 0.375. The topological polar surface area (TPSA) is 105 Å². The van der Waals surface area contributed by atoms with Crippen LogP contribution in [0.4, 0.5) is 5.69 Å². The number of rotatable bonds is 12. The van der Waals surface area contributed by atoms with Gasteiger partial charge in [-0.05, 0) is 61.7 Å². The second-order valence-electron chi connectivity index (χ2n) is 10.5. The lowest BCUT2D eigenvalue weighted by molar-refractivity contribution is -0.139. The van der Waals surface area contributed by atoms with Crippen LogP contribution in [0.1, 0.15) is 44.6 Å². The fourth-order valence-corrected chi connectivity index (χ4v) is 7.09. The maximum Gasteiger partial charge on any atom is 0.264 e. The summed E-state index contributed by atoms with van der Waals surface area (Å²) in [5.41, 5.74) is 1.01. The van der Waals surface area contributed by atoms with Gasteiger partial charge in [0.05, 0.1) is 24.8 Å². The Morgan fingerprint density at radius 2 is 1.63 bits per heavy atom. The molecule has 1 fully saturated rings. The molecule has 0 radical (unpaired) electrons. The Morgan fingerprint density at radius 1 is 0.930 bits per heavy atom. The van der Waals surface area contributed by atoms with E-state index in [9.17, 15) is 18.0 Å². The Bertz CT molecular complexity index is 1510. The van der Waals surface area contributed by atoms with Crippen LogP contribution in [0.15, 0.2) is 82.2 Å². The number of halogens is 1. The molecule has 1 aliphatic rings. The molecule has 3 aromatic carbocycles. The Morgan fingerprint density at radius 3 is 2.28 bits per heavy atom.